The van der Waals surface area contributed by atoms with Crippen LogP contribution in [0.1, 0.15) is 19.4 Å². The first kappa shape index (κ1) is 22.6. The Balaban J connectivity index is 1.35. The lowest BCUT2D eigenvalue weighted by atomic mass is 9.77. The van der Waals surface area contributed by atoms with Crippen molar-refractivity contribution in [1.82, 2.24) is 0 Å². The summed E-state index contributed by atoms with van der Waals surface area (Å²) in [6, 6.07) is 40.3. The molecule has 0 radical (unpaired) electrons. The maximum absolute atomic E-state index is 6.93. The zero-order valence-electron chi connectivity index (χ0n) is 21.8. The molecule has 0 amide bonds. The standard InChI is InChI=1S/C34H29N3O/c1-33(2)29-22-27(37(25-13-6-4-7-14-25)26-15-8-5-9-16-26)19-20-30(29)36(3)34(33)23-35-32-28-17-11-10-12-24(28)18-21-31(32)38-34/h4-23H,1-3H3. The third-order valence-corrected chi connectivity index (χ3v) is 8.19. The van der Waals surface area contributed by atoms with Gasteiger partial charge in [-0.25, -0.2) is 0 Å². The molecule has 0 aromatic heterocycles. The number of nitrogens with zero attached hydrogens (tertiary/aromatic N) is 3. The van der Waals surface area contributed by atoms with Crippen LogP contribution in [0, 0.1) is 0 Å². The van der Waals surface area contributed by atoms with Crippen LogP contribution in [-0.4, -0.2) is 19.0 Å². The molecule has 38 heavy (non-hydrogen) atoms. The van der Waals surface area contributed by atoms with Crippen molar-refractivity contribution in [1.29, 1.82) is 0 Å². The van der Waals surface area contributed by atoms with Gasteiger partial charge in [0.15, 0.2) is 0 Å². The van der Waals surface area contributed by atoms with Crippen molar-refractivity contribution in [3.63, 3.8) is 0 Å². The molecule has 0 aliphatic carbocycles. The fourth-order valence-corrected chi connectivity index (χ4v) is 6.09. The highest BCUT2D eigenvalue weighted by atomic mass is 16.5. The van der Waals surface area contributed by atoms with Gasteiger partial charge in [0.1, 0.15) is 11.4 Å². The van der Waals surface area contributed by atoms with Crippen LogP contribution in [0.5, 0.6) is 5.75 Å². The number of hydrogen-bond acceptors (Lipinski definition) is 4. The summed E-state index contributed by atoms with van der Waals surface area (Å²) in [5, 5.41) is 2.27. The smallest absolute Gasteiger partial charge is 0.228 e. The summed E-state index contributed by atoms with van der Waals surface area (Å²) in [7, 11) is 2.11. The lowest BCUT2D eigenvalue weighted by Gasteiger charge is -2.45. The lowest BCUT2D eigenvalue weighted by Crippen LogP contribution is -2.61. The highest BCUT2D eigenvalue weighted by Crippen LogP contribution is 2.55. The summed E-state index contributed by atoms with van der Waals surface area (Å²) >= 11 is 0. The Kier molecular flexibility index (Phi) is 4.89. The largest absolute Gasteiger partial charge is 0.459 e. The van der Waals surface area contributed by atoms with E-state index in [-0.39, 0.29) is 5.41 Å². The fraction of sp³-hybridized carbons (Fsp3) is 0.147. The Labute approximate surface area is 223 Å². The molecule has 4 nitrogen and oxygen atoms in total. The highest BCUT2D eigenvalue weighted by molar-refractivity contribution is 6.00. The maximum Gasteiger partial charge on any atom is 0.228 e. The van der Waals surface area contributed by atoms with Gasteiger partial charge in [-0.2, -0.15) is 0 Å². The molecule has 7 rings (SSSR count). The van der Waals surface area contributed by atoms with Gasteiger partial charge in [-0.15, -0.1) is 0 Å². The van der Waals surface area contributed by atoms with E-state index in [1.54, 1.807) is 0 Å². The summed E-state index contributed by atoms with van der Waals surface area (Å²) in [5.74, 6) is 0.814. The number of likely N-dealkylation sites (N-methyl/N-ethyl adjacent to an activating group) is 1. The van der Waals surface area contributed by atoms with Crippen molar-refractivity contribution in [2.24, 2.45) is 4.99 Å². The topological polar surface area (TPSA) is 28.1 Å². The molecule has 4 heteroatoms. The van der Waals surface area contributed by atoms with E-state index >= 15 is 0 Å². The molecule has 0 bridgehead atoms. The van der Waals surface area contributed by atoms with Crippen LogP contribution < -0.4 is 14.5 Å². The summed E-state index contributed by atoms with van der Waals surface area (Å²) in [6.45, 7) is 4.51. The molecule has 0 saturated carbocycles. The van der Waals surface area contributed by atoms with Crippen LogP contribution in [0.4, 0.5) is 28.4 Å². The van der Waals surface area contributed by atoms with Crippen molar-refractivity contribution in [3.05, 3.63) is 121 Å². The molecule has 1 unspecified atom stereocenters. The van der Waals surface area contributed by atoms with E-state index in [1.165, 1.54) is 5.56 Å². The predicted octanol–water partition coefficient (Wildman–Crippen LogP) is 8.53. The predicted molar refractivity (Wildman–Crippen MR) is 158 cm³/mol. The molecule has 1 atom stereocenters. The average Bonchev–Trinajstić information content (AvgIpc) is 3.12. The van der Waals surface area contributed by atoms with Crippen LogP contribution in [0.3, 0.4) is 0 Å². The Hall–Kier alpha value is -4.57. The molecule has 0 fully saturated rings. The molecule has 0 N–H and O–H groups in total. The third kappa shape index (κ3) is 3.13. The first-order chi connectivity index (χ1) is 18.5. The van der Waals surface area contributed by atoms with E-state index in [9.17, 15) is 0 Å². The van der Waals surface area contributed by atoms with Crippen LogP contribution in [-0.2, 0) is 5.41 Å². The average molecular weight is 496 g/mol. The van der Waals surface area contributed by atoms with Crippen LogP contribution in [0.2, 0.25) is 0 Å². The van der Waals surface area contributed by atoms with Crippen LogP contribution in [0.15, 0.2) is 120 Å². The van der Waals surface area contributed by atoms with E-state index in [0.717, 1.165) is 45.0 Å². The quantitative estimate of drug-likeness (QED) is 0.251. The highest BCUT2D eigenvalue weighted by Gasteiger charge is 2.58. The van der Waals surface area contributed by atoms with Gasteiger partial charge in [-0.05, 0) is 73.3 Å². The Morgan fingerprint density at radius 1 is 0.711 bits per heavy atom. The third-order valence-electron chi connectivity index (χ3n) is 8.19. The monoisotopic (exact) mass is 495 g/mol. The van der Waals surface area contributed by atoms with Crippen molar-refractivity contribution in [2.75, 3.05) is 16.8 Å². The summed E-state index contributed by atoms with van der Waals surface area (Å²) in [4.78, 5) is 9.58. The summed E-state index contributed by atoms with van der Waals surface area (Å²) < 4.78 is 6.93. The van der Waals surface area contributed by atoms with Crippen LogP contribution in [0.25, 0.3) is 10.8 Å². The Morgan fingerprint density at radius 3 is 2.08 bits per heavy atom. The maximum atomic E-state index is 6.93. The number of fused-ring (bicyclic) bond motifs is 4. The van der Waals surface area contributed by atoms with E-state index in [1.807, 2.05) is 6.21 Å². The zero-order valence-corrected chi connectivity index (χ0v) is 21.8. The molecular weight excluding hydrogens is 466 g/mol. The van der Waals surface area contributed by atoms with Gasteiger partial charge < -0.3 is 14.5 Å². The van der Waals surface area contributed by atoms with Crippen LogP contribution >= 0.6 is 0 Å². The lowest BCUT2D eigenvalue weighted by molar-refractivity contribution is 0.0827. The molecule has 2 aliphatic rings. The second-order valence-electron chi connectivity index (χ2n) is 10.6. The van der Waals surface area contributed by atoms with Gasteiger partial charge >= 0.3 is 0 Å². The van der Waals surface area contributed by atoms with Crippen molar-refractivity contribution in [3.8, 4) is 5.75 Å². The van der Waals surface area contributed by atoms with E-state index in [2.05, 4.69) is 146 Å². The number of ether oxygens (including phenoxy) is 1. The minimum Gasteiger partial charge on any atom is -0.459 e. The van der Waals surface area contributed by atoms with E-state index in [0.29, 0.717) is 0 Å². The van der Waals surface area contributed by atoms with E-state index < -0.39 is 5.72 Å². The second-order valence-corrected chi connectivity index (χ2v) is 10.6. The molecule has 2 heterocycles. The molecule has 5 aromatic carbocycles. The molecule has 5 aromatic rings. The van der Waals surface area contributed by atoms with Crippen molar-refractivity contribution in [2.45, 2.75) is 25.0 Å². The number of para-hydroxylation sites is 2. The Bertz CT molecular complexity index is 1650. The minimum absolute atomic E-state index is 0.376. The zero-order chi connectivity index (χ0) is 25.9. The number of hydrogen-bond donors (Lipinski definition) is 0. The first-order valence-corrected chi connectivity index (χ1v) is 13.0. The van der Waals surface area contributed by atoms with Crippen molar-refractivity contribution >= 4 is 45.4 Å². The number of rotatable bonds is 3. The van der Waals surface area contributed by atoms with Gasteiger partial charge in [-0.3, -0.25) is 4.99 Å². The van der Waals surface area contributed by atoms with Gasteiger partial charge in [0, 0.05) is 35.2 Å². The number of benzene rings is 5. The normalized spacial score (nSPS) is 18.8. The Morgan fingerprint density at radius 2 is 1.37 bits per heavy atom. The van der Waals surface area contributed by atoms with E-state index in [4.69, 9.17) is 9.73 Å². The van der Waals surface area contributed by atoms with Gasteiger partial charge in [-0.1, -0.05) is 66.7 Å². The van der Waals surface area contributed by atoms with Crippen molar-refractivity contribution < 1.29 is 4.74 Å². The fourth-order valence-electron chi connectivity index (χ4n) is 6.09. The minimum atomic E-state index is -0.742. The molecule has 186 valence electrons. The molecule has 0 saturated heterocycles. The molecular formula is C34H29N3O. The SMILES string of the molecule is CN1c2ccc(N(c3ccccc3)c3ccccc3)cc2C(C)(C)C12C=Nc1c(ccc3ccccc13)O2. The summed E-state index contributed by atoms with van der Waals surface area (Å²) in [6.07, 6.45) is 2.01. The van der Waals surface area contributed by atoms with Gasteiger partial charge in [0.2, 0.25) is 5.72 Å². The molecule has 2 aliphatic heterocycles. The summed E-state index contributed by atoms with van der Waals surface area (Å²) in [5.41, 5.74) is 5.50. The number of anilines is 4. The second kappa shape index (κ2) is 8.22. The van der Waals surface area contributed by atoms with Gasteiger partial charge in [0.05, 0.1) is 11.6 Å². The first-order valence-electron chi connectivity index (χ1n) is 13.0. The number of aliphatic imine (C=N–C) groups is 1. The molecule has 1 spiro atoms. The van der Waals surface area contributed by atoms with Gasteiger partial charge in [0.25, 0.3) is 0 Å².